The molecule has 2 rings (SSSR count). The highest BCUT2D eigenvalue weighted by molar-refractivity contribution is 5.85. The van der Waals surface area contributed by atoms with Gasteiger partial charge >= 0.3 is 0 Å². The van der Waals surface area contributed by atoms with E-state index in [9.17, 15) is 4.79 Å². The van der Waals surface area contributed by atoms with Crippen LogP contribution in [0.2, 0.25) is 0 Å². The van der Waals surface area contributed by atoms with Crippen LogP contribution in [0.1, 0.15) is 12.0 Å². The lowest BCUT2D eigenvalue weighted by molar-refractivity contribution is -0.124. The fourth-order valence-electron chi connectivity index (χ4n) is 2.22. The van der Waals surface area contributed by atoms with E-state index in [4.69, 9.17) is 14.2 Å². The molecular formula is C15H23ClN2O4. The number of hydrogen-bond acceptors (Lipinski definition) is 5. The molecule has 0 saturated carbocycles. The number of carbonyl (C=O) groups excluding carboxylic acids is 1. The number of rotatable bonds is 6. The minimum absolute atomic E-state index is 0. The molecule has 1 aliphatic heterocycles. The van der Waals surface area contributed by atoms with Crippen LogP contribution in [-0.2, 0) is 16.1 Å². The molecule has 1 atom stereocenters. The minimum Gasteiger partial charge on any atom is -0.493 e. The molecule has 1 heterocycles. The number of hydrogen-bond donors (Lipinski definition) is 2. The average Bonchev–Trinajstić information content (AvgIpc) is 2.53. The van der Waals surface area contributed by atoms with E-state index in [0.29, 0.717) is 31.1 Å². The van der Waals surface area contributed by atoms with Gasteiger partial charge in [0.1, 0.15) is 0 Å². The molecule has 0 spiro atoms. The lowest BCUT2D eigenvalue weighted by Gasteiger charge is -2.23. The Morgan fingerprint density at radius 2 is 2.14 bits per heavy atom. The molecular weight excluding hydrogens is 308 g/mol. The molecule has 124 valence electrons. The molecule has 1 fully saturated rings. The maximum atomic E-state index is 11.9. The highest BCUT2D eigenvalue weighted by Crippen LogP contribution is 2.27. The van der Waals surface area contributed by atoms with Crippen molar-refractivity contribution in [3.8, 4) is 11.5 Å². The van der Waals surface area contributed by atoms with Gasteiger partial charge in [-0.05, 0) is 17.7 Å². The first-order chi connectivity index (χ1) is 10.2. The van der Waals surface area contributed by atoms with E-state index in [1.54, 1.807) is 14.2 Å². The van der Waals surface area contributed by atoms with Crippen LogP contribution in [0.15, 0.2) is 18.2 Å². The normalized spacial score (nSPS) is 17.3. The van der Waals surface area contributed by atoms with Gasteiger partial charge in [0.2, 0.25) is 5.91 Å². The van der Waals surface area contributed by atoms with Gasteiger partial charge in [0.25, 0.3) is 0 Å². The van der Waals surface area contributed by atoms with Gasteiger partial charge in [-0.3, -0.25) is 4.79 Å². The van der Waals surface area contributed by atoms with E-state index in [1.807, 2.05) is 18.2 Å². The van der Waals surface area contributed by atoms with Crippen LogP contribution >= 0.6 is 12.4 Å². The predicted molar refractivity (Wildman–Crippen MR) is 85.9 cm³/mol. The van der Waals surface area contributed by atoms with Crippen molar-refractivity contribution in [1.29, 1.82) is 0 Å². The number of benzene rings is 1. The molecule has 0 aromatic heterocycles. The van der Waals surface area contributed by atoms with Crippen LogP contribution in [0.3, 0.4) is 0 Å². The van der Waals surface area contributed by atoms with Crippen molar-refractivity contribution in [2.24, 2.45) is 0 Å². The van der Waals surface area contributed by atoms with E-state index in [2.05, 4.69) is 10.6 Å². The molecule has 22 heavy (non-hydrogen) atoms. The van der Waals surface area contributed by atoms with E-state index in [-0.39, 0.29) is 24.4 Å². The van der Waals surface area contributed by atoms with E-state index in [1.165, 1.54) is 0 Å². The van der Waals surface area contributed by atoms with Gasteiger partial charge < -0.3 is 24.8 Å². The highest BCUT2D eigenvalue weighted by Gasteiger charge is 2.17. The van der Waals surface area contributed by atoms with Gasteiger partial charge in [0, 0.05) is 19.6 Å². The maximum Gasteiger partial charge on any atom is 0.222 e. The van der Waals surface area contributed by atoms with Crippen molar-refractivity contribution in [3.05, 3.63) is 23.8 Å². The standard InChI is InChI=1S/C15H22N2O4.ClH/c1-19-13-4-3-11(7-14(13)20-2)9-17-15(18)8-12-10-16-5-6-21-12;/h3-4,7,12,16H,5-6,8-10H2,1-2H3,(H,17,18);1H. The van der Waals surface area contributed by atoms with E-state index < -0.39 is 0 Å². The molecule has 1 saturated heterocycles. The Balaban J connectivity index is 0.00000242. The number of morpholine rings is 1. The van der Waals surface area contributed by atoms with Crippen molar-refractivity contribution in [3.63, 3.8) is 0 Å². The van der Waals surface area contributed by atoms with Crippen LogP contribution in [0, 0.1) is 0 Å². The summed E-state index contributed by atoms with van der Waals surface area (Å²) in [6.45, 7) is 2.69. The second kappa shape index (κ2) is 9.50. The first kappa shape index (κ1) is 18.5. The summed E-state index contributed by atoms with van der Waals surface area (Å²) in [4.78, 5) is 11.9. The zero-order valence-corrected chi connectivity index (χ0v) is 13.7. The first-order valence-corrected chi connectivity index (χ1v) is 7.03. The Bertz CT molecular complexity index is 479. The summed E-state index contributed by atoms with van der Waals surface area (Å²) in [6.07, 6.45) is 0.337. The van der Waals surface area contributed by atoms with Gasteiger partial charge in [-0.25, -0.2) is 0 Å². The van der Waals surface area contributed by atoms with E-state index >= 15 is 0 Å². The molecule has 0 bridgehead atoms. The fourth-order valence-corrected chi connectivity index (χ4v) is 2.22. The van der Waals surface area contributed by atoms with Crippen LogP contribution in [0.5, 0.6) is 11.5 Å². The third kappa shape index (κ3) is 5.36. The topological polar surface area (TPSA) is 68.8 Å². The molecule has 1 aromatic rings. The Labute approximate surface area is 136 Å². The third-order valence-electron chi connectivity index (χ3n) is 3.36. The highest BCUT2D eigenvalue weighted by atomic mass is 35.5. The summed E-state index contributed by atoms with van der Waals surface area (Å²) in [6, 6.07) is 5.59. The third-order valence-corrected chi connectivity index (χ3v) is 3.36. The summed E-state index contributed by atoms with van der Waals surface area (Å²) in [5, 5.41) is 6.10. The first-order valence-electron chi connectivity index (χ1n) is 7.03. The number of amides is 1. The summed E-state index contributed by atoms with van der Waals surface area (Å²) >= 11 is 0. The zero-order valence-electron chi connectivity index (χ0n) is 12.9. The van der Waals surface area contributed by atoms with Crippen LogP contribution in [0.25, 0.3) is 0 Å². The second-order valence-electron chi connectivity index (χ2n) is 4.87. The monoisotopic (exact) mass is 330 g/mol. The van der Waals surface area contributed by atoms with Crippen molar-refractivity contribution in [1.82, 2.24) is 10.6 Å². The minimum atomic E-state index is -0.0378. The molecule has 1 aromatic carbocycles. The van der Waals surface area contributed by atoms with Gasteiger partial charge in [0.05, 0.1) is 33.4 Å². The molecule has 6 nitrogen and oxygen atoms in total. The number of halogens is 1. The summed E-state index contributed by atoms with van der Waals surface area (Å²) in [5.74, 6) is 1.32. The van der Waals surface area contributed by atoms with Gasteiger partial charge in [-0.2, -0.15) is 0 Å². The molecule has 1 amide bonds. The SMILES string of the molecule is COc1ccc(CNC(=O)CC2CNCCO2)cc1OC.Cl. The van der Waals surface area contributed by atoms with Crippen molar-refractivity contribution in [2.75, 3.05) is 33.9 Å². The zero-order chi connectivity index (χ0) is 15.1. The van der Waals surface area contributed by atoms with Crippen LogP contribution < -0.4 is 20.1 Å². The number of ether oxygens (including phenoxy) is 3. The fraction of sp³-hybridized carbons (Fsp3) is 0.533. The molecule has 2 N–H and O–H groups in total. The molecule has 1 unspecified atom stereocenters. The summed E-state index contributed by atoms with van der Waals surface area (Å²) in [7, 11) is 3.19. The quantitative estimate of drug-likeness (QED) is 0.818. The second-order valence-corrected chi connectivity index (χ2v) is 4.87. The van der Waals surface area contributed by atoms with Gasteiger partial charge in [-0.1, -0.05) is 6.07 Å². The predicted octanol–water partition coefficient (Wildman–Crippen LogP) is 1.12. The maximum absolute atomic E-state index is 11.9. The summed E-state index contributed by atoms with van der Waals surface area (Å²) in [5.41, 5.74) is 0.962. The Morgan fingerprint density at radius 1 is 1.36 bits per heavy atom. The van der Waals surface area contributed by atoms with Crippen molar-refractivity contribution in [2.45, 2.75) is 19.1 Å². The van der Waals surface area contributed by atoms with Crippen molar-refractivity contribution >= 4 is 18.3 Å². The van der Waals surface area contributed by atoms with Crippen LogP contribution in [-0.4, -0.2) is 45.9 Å². The van der Waals surface area contributed by atoms with E-state index in [0.717, 1.165) is 18.7 Å². The Hall–Kier alpha value is -1.50. The molecule has 0 aliphatic carbocycles. The average molecular weight is 331 g/mol. The Kier molecular flexibility index (Phi) is 8.01. The molecule has 0 radical (unpaired) electrons. The van der Waals surface area contributed by atoms with Gasteiger partial charge in [0.15, 0.2) is 11.5 Å². The largest absolute Gasteiger partial charge is 0.493 e. The Morgan fingerprint density at radius 3 is 2.77 bits per heavy atom. The summed E-state index contributed by atoms with van der Waals surface area (Å²) < 4.78 is 15.9. The lowest BCUT2D eigenvalue weighted by atomic mass is 10.2. The number of methoxy groups -OCH3 is 2. The van der Waals surface area contributed by atoms with Gasteiger partial charge in [-0.15, -0.1) is 12.4 Å². The smallest absolute Gasteiger partial charge is 0.222 e. The molecule has 7 heteroatoms. The molecule has 1 aliphatic rings. The number of carbonyl (C=O) groups is 1. The number of nitrogens with one attached hydrogen (secondary N) is 2. The van der Waals surface area contributed by atoms with Crippen molar-refractivity contribution < 1.29 is 19.0 Å². The lowest BCUT2D eigenvalue weighted by Crippen LogP contribution is -2.41. The van der Waals surface area contributed by atoms with Crippen LogP contribution in [0.4, 0.5) is 0 Å².